The molecule has 2 atom stereocenters. The second-order valence-electron chi connectivity index (χ2n) is 1.91. The van der Waals surface area contributed by atoms with Gasteiger partial charge in [-0.2, -0.15) is 4.42 Å². The topological polar surface area (TPSA) is 77.6 Å². The Labute approximate surface area is 60.9 Å². The van der Waals surface area contributed by atoms with Crippen LogP contribution in [0.2, 0.25) is 0 Å². The summed E-state index contributed by atoms with van der Waals surface area (Å²) in [5.41, 5.74) is 0. The molecule has 10 heavy (non-hydrogen) atoms. The quantitative estimate of drug-likeness (QED) is 0.421. The van der Waals surface area contributed by atoms with Crippen molar-refractivity contribution in [2.45, 2.75) is 12.1 Å². The van der Waals surface area contributed by atoms with Crippen LogP contribution in [0.5, 0.6) is 0 Å². The molecular formula is C4H4ClNO4. The minimum atomic E-state index is -1.21. The first-order valence-corrected chi connectivity index (χ1v) is 2.79. The molecule has 1 rings (SSSR count). The molecule has 0 saturated carbocycles. The van der Waals surface area contributed by atoms with E-state index in [0.717, 1.165) is 4.42 Å². The Bertz CT molecular complexity index is 174. The number of carbonyl (C=O) groups is 2. The lowest BCUT2D eigenvalue weighted by Crippen LogP contribution is -2.14. The van der Waals surface area contributed by atoms with Crippen LogP contribution >= 0.6 is 11.8 Å². The van der Waals surface area contributed by atoms with Gasteiger partial charge in [0.15, 0.2) is 12.1 Å². The van der Waals surface area contributed by atoms with Crippen molar-refractivity contribution in [2.75, 3.05) is 0 Å². The molecule has 1 fully saturated rings. The average molecular weight is 166 g/mol. The van der Waals surface area contributed by atoms with Crippen LogP contribution in [0.15, 0.2) is 0 Å². The molecule has 0 aromatic heterocycles. The molecule has 0 amide bonds. The molecule has 0 aromatic rings. The number of carboxylic acid groups (broad SMARTS) is 2. The molecule has 1 aliphatic heterocycles. The van der Waals surface area contributed by atoms with Gasteiger partial charge >= 0.3 is 11.9 Å². The first kappa shape index (κ1) is 7.30. The maximum Gasteiger partial charge on any atom is 0.324 e. The third-order valence-corrected chi connectivity index (χ3v) is 1.67. The van der Waals surface area contributed by atoms with E-state index in [1.54, 1.807) is 0 Å². The minimum Gasteiger partial charge on any atom is -0.480 e. The van der Waals surface area contributed by atoms with Gasteiger partial charge in [-0.1, -0.05) is 0 Å². The summed E-state index contributed by atoms with van der Waals surface area (Å²) in [4.78, 5) is 20.2. The van der Waals surface area contributed by atoms with Crippen LogP contribution in [-0.2, 0) is 9.59 Å². The molecule has 1 saturated heterocycles. The first-order valence-electron chi connectivity index (χ1n) is 2.45. The maximum absolute atomic E-state index is 10.1. The lowest BCUT2D eigenvalue weighted by Gasteiger charge is -1.80. The molecular weight excluding hydrogens is 162 g/mol. The fraction of sp³-hybridized carbons (Fsp3) is 0.500. The van der Waals surface area contributed by atoms with E-state index in [2.05, 4.69) is 0 Å². The van der Waals surface area contributed by atoms with E-state index in [1.165, 1.54) is 0 Å². The Morgan fingerprint density at radius 2 is 1.50 bits per heavy atom. The molecule has 1 heterocycles. The molecule has 0 aromatic carbocycles. The zero-order chi connectivity index (χ0) is 7.89. The Morgan fingerprint density at radius 3 is 1.60 bits per heavy atom. The van der Waals surface area contributed by atoms with E-state index in [4.69, 9.17) is 22.0 Å². The van der Waals surface area contributed by atoms with Gasteiger partial charge in [-0.15, -0.1) is 0 Å². The molecule has 1 aliphatic rings. The number of rotatable bonds is 2. The summed E-state index contributed by atoms with van der Waals surface area (Å²) in [6.45, 7) is 0. The molecule has 56 valence electrons. The van der Waals surface area contributed by atoms with Crippen LogP contribution in [0.25, 0.3) is 0 Å². The highest BCUT2D eigenvalue weighted by Gasteiger charge is 2.57. The van der Waals surface area contributed by atoms with Crippen molar-refractivity contribution < 1.29 is 19.8 Å². The monoisotopic (exact) mass is 165 g/mol. The first-order chi connectivity index (χ1) is 4.55. The summed E-state index contributed by atoms with van der Waals surface area (Å²) in [5.74, 6) is -2.41. The Hall–Kier alpha value is -0.810. The van der Waals surface area contributed by atoms with E-state index >= 15 is 0 Å². The number of aliphatic carboxylic acids is 2. The van der Waals surface area contributed by atoms with Crippen LogP contribution < -0.4 is 0 Å². The van der Waals surface area contributed by atoms with Gasteiger partial charge in [0.25, 0.3) is 0 Å². The van der Waals surface area contributed by atoms with Gasteiger partial charge in [-0.25, -0.2) is 0 Å². The average Bonchev–Trinajstić information content (AvgIpc) is 2.40. The zero-order valence-electron chi connectivity index (χ0n) is 4.69. The van der Waals surface area contributed by atoms with Gasteiger partial charge in [-0.3, -0.25) is 9.59 Å². The summed E-state index contributed by atoms with van der Waals surface area (Å²) in [6, 6.07) is -2.11. The van der Waals surface area contributed by atoms with Crippen molar-refractivity contribution in [1.82, 2.24) is 4.42 Å². The SMILES string of the molecule is O=C(O)[C@@H]1[C@@H](C(=O)O)N1Cl. The third-order valence-electron chi connectivity index (χ3n) is 1.25. The highest BCUT2D eigenvalue weighted by Crippen LogP contribution is 2.30. The van der Waals surface area contributed by atoms with Crippen molar-refractivity contribution >= 4 is 23.7 Å². The van der Waals surface area contributed by atoms with Crippen molar-refractivity contribution in [1.29, 1.82) is 0 Å². The zero-order valence-corrected chi connectivity index (χ0v) is 5.45. The third kappa shape index (κ3) is 0.932. The molecule has 0 unspecified atom stereocenters. The second-order valence-corrected chi connectivity index (χ2v) is 2.30. The summed E-state index contributed by atoms with van der Waals surface area (Å²) in [6.07, 6.45) is 0. The Morgan fingerprint density at radius 1 is 1.20 bits per heavy atom. The van der Waals surface area contributed by atoms with E-state index in [1.807, 2.05) is 0 Å². The van der Waals surface area contributed by atoms with Crippen LogP contribution in [0, 0.1) is 0 Å². The van der Waals surface area contributed by atoms with Crippen LogP contribution in [-0.4, -0.2) is 38.7 Å². The van der Waals surface area contributed by atoms with Crippen LogP contribution in [0.1, 0.15) is 0 Å². The van der Waals surface area contributed by atoms with Gasteiger partial charge < -0.3 is 10.2 Å². The summed E-state index contributed by atoms with van der Waals surface area (Å²) >= 11 is 5.18. The fourth-order valence-electron chi connectivity index (χ4n) is 0.686. The molecule has 0 aliphatic carbocycles. The molecule has 0 radical (unpaired) electrons. The molecule has 0 spiro atoms. The smallest absolute Gasteiger partial charge is 0.324 e. The lowest BCUT2D eigenvalue weighted by atomic mass is 10.3. The highest BCUT2D eigenvalue weighted by molar-refractivity contribution is 6.20. The largest absolute Gasteiger partial charge is 0.480 e. The van der Waals surface area contributed by atoms with Crippen molar-refractivity contribution in [3.63, 3.8) is 0 Å². The fourth-order valence-corrected chi connectivity index (χ4v) is 1.02. The number of nitrogens with zero attached hydrogens (tertiary/aromatic N) is 1. The summed E-state index contributed by atoms with van der Waals surface area (Å²) in [5, 5.41) is 16.5. The van der Waals surface area contributed by atoms with E-state index < -0.39 is 24.0 Å². The predicted molar refractivity (Wildman–Crippen MR) is 30.5 cm³/mol. The second kappa shape index (κ2) is 2.10. The summed E-state index contributed by atoms with van der Waals surface area (Å²) < 4.78 is 0.755. The van der Waals surface area contributed by atoms with Crippen LogP contribution in [0.4, 0.5) is 0 Å². The molecule has 0 bridgehead atoms. The normalized spacial score (nSPS) is 37.1. The predicted octanol–water partition coefficient (Wildman–Crippen LogP) is -0.638. The van der Waals surface area contributed by atoms with Crippen molar-refractivity contribution in [3.8, 4) is 0 Å². The van der Waals surface area contributed by atoms with Gasteiger partial charge in [0.1, 0.15) is 0 Å². The standard InChI is InChI=1S/C4H4ClNO4/c5-6-1(3(7)8)2(6)4(9)10/h1-2H,(H,7,8)(H,9,10)/t1-,2-/m0/s1. The van der Waals surface area contributed by atoms with Crippen molar-refractivity contribution in [3.05, 3.63) is 0 Å². The molecule has 2 N–H and O–H groups in total. The molecule has 5 nitrogen and oxygen atoms in total. The summed E-state index contributed by atoms with van der Waals surface area (Å²) in [7, 11) is 0. The van der Waals surface area contributed by atoms with E-state index in [-0.39, 0.29) is 0 Å². The van der Waals surface area contributed by atoms with Gasteiger partial charge in [0.2, 0.25) is 0 Å². The number of hydrogen-bond donors (Lipinski definition) is 2. The van der Waals surface area contributed by atoms with Gasteiger partial charge in [0.05, 0.1) is 0 Å². The Balaban J connectivity index is 2.57. The van der Waals surface area contributed by atoms with Gasteiger partial charge in [0, 0.05) is 0 Å². The number of carboxylic acids is 2. The number of halogens is 1. The van der Waals surface area contributed by atoms with Gasteiger partial charge in [-0.05, 0) is 11.8 Å². The number of hydrogen-bond acceptors (Lipinski definition) is 3. The Kier molecular flexibility index (Phi) is 1.53. The van der Waals surface area contributed by atoms with E-state index in [9.17, 15) is 9.59 Å². The minimum absolute atomic E-state index is 0.755. The maximum atomic E-state index is 10.1. The van der Waals surface area contributed by atoms with Crippen molar-refractivity contribution in [2.24, 2.45) is 0 Å². The van der Waals surface area contributed by atoms with Crippen LogP contribution in [0.3, 0.4) is 0 Å². The lowest BCUT2D eigenvalue weighted by molar-refractivity contribution is -0.140. The molecule has 6 heteroatoms. The highest BCUT2D eigenvalue weighted by atomic mass is 35.5. The van der Waals surface area contributed by atoms with E-state index in [0.29, 0.717) is 0 Å².